The van der Waals surface area contributed by atoms with Crippen LogP contribution < -0.4 is 9.47 Å². The lowest BCUT2D eigenvalue weighted by Gasteiger charge is -2.25. The van der Waals surface area contributed by atoms with E-state index in [1.807, 2.05) is 29.6 Å². The fourth-order valence-electron chi connectivity index (χ4n) is 2.64. The smallest absolute Gasteiger partial charge is 0.310 e. The molecule has 0 saturated carbocycles. The second-order valence-electron chi connectivity index (χ2n) is 5.77. The number of carbonyl (C=O) groups excluding carboxylic acids is 2. The van der Waals surface area contributed by atoms with Crippen molar-refractivity contribution in [2.45, 2.75) is 13.5 Å². The fraction of sp³-hybridized carbons (Fsp3) is 0.333. The number of ether oxygens (including phenoxy) is 3. The summed E-state index contributed by atoms with van der Waals surface area (Å²) in [6.07, 6.45) is 0. The van der Waals surface area contributed by atoms with E-state index in [0.717, 1.165) is 5.56 Å². The number of carbonyl (C=O) groups is 2. The van der Waals surface area contributed by atoms with E-state index in [0.29, 0.717) is 22.9 Å². The molecule has 6 nitrogen and oxygen atoms in total. The lowest BCUT2D eigenvalue weighted by Crippen LogP contribution is -2.36. The molecule has 1 aromatic carbocycles. The van der Waals surface area contributed by atoms with Gasteiger partial charge in [0.25, 0.3) is 5.91 Å². The maximum absolute atomic E-state index is 12.8. The second-order valence-corrected chi connectivity index (χ2v) is 6.72. The summed E-state index contributed by atoms with van der Waals surface area (Å²) < 4.78 is 15.5. The molecule has 132 valence electrons. The number of esters is 1. The van der Waals surface area contributed by atoms with Crippen molar-refractivity contribution in [3.05, 3.63) is 46.2 Å². The Balaban J connectivity index is 1.80. The molecular weight excluding hydrogens is 342 g/mol. The Morgan fingerprint density at radius 3 is 2.80 bits per heavy atom. The number of amides is 1. The predicted molar refractivity (Wildman–Crippen MR) is 92.8 cm³/mol. The summed E-state index contributed by atoms with van der Waals surface area (Å²) in [7, 11) is 1.35. The van der Waals surface area contributed by atoms with Crippen molar-refractivity contribution in [3.63, 3.8) is 0 Å². The summed E-state index contributed by atoms with van der Waals surface area (Å²) in [6.45, 7) is 2.60. The molecule has 0 aliphatic carbocycles. The van der Waals surface area contributed by atoms with E-state index < -0.39 is 5.92 Å². The average Bonchev–Trinajstić information content (AvgIpc) is 3.30. The van der Waals surface area contributed by atoms with E-state index in [1.54, 1.807) is 17.9 Å². The lowest BCUT2D eigenvalue weighted by molar-refractivity contribution is -0.145. The molecule has 7 heteroatoms. The highest BCUT2D eigenvalue weighted by molar-refractivity contribution is 7.12. The second kappa shape index (κ2) is 7.57. The highest BCUT2D eigenvalue weighted by atomic mass is 32.1. The number of methoxy groups -OCH3 is 1. The number of hydrogen-bond donors (Lipinski definition) is 0. The summed E-state index contributed by atoms with van der Waals surface area (Å²) in [5.74, 6) is 0.505. The Labute approximate surface area is 149 Å². The van der Waals surface area contributed by atoms with Crippen LogP contribution in [-0.2, 0) is 16.1 Å². The van der Waals surface area contributed by atoms with Gasteiger partial charge in [-0.05, 0) is 29.1 Å². The summed E-state index contributed by atoms with van der Waals surface area (Å²) in [4.78, 5) is 26.9. The maximum Gasteiger partial charge on any atom is 0.310 e. The quantitative estimate of drug-likeness (QED) is 0.740. The zero-order valence-electron chi connectivity index (χ0n) is 14.1. The Hall–Kier alpha value is -2.54. The first kappa shape index (κ1) is 17.3. The first-order valence-electron chi connectivity index (χ1n) is 7.87. The van der Waals surface area contributed by atoms with Crippen LogP contribution in [0.3, 0.4) is 0 Å². The van der Waals surface area contributed by atoms with Gasteiger partial charge in [-0.3, -0.25) is 9.59 Å². The van der Waals surface area contributed by atoms with Crippen molar-refractivity contribution in [2.75, 3.05) is 20.4 Å². The highest BCUT2D eigenvalue weighted by Gasteiger charge is 2.24. The molecule has 1 atom stereocenters. The van der Waals surface area contributed by atoms with E-state index in [9.17, 15) is 9.59 Å². The van der Waals surface area contributed by atoms with Crippen molar-refractivity contribution >= 4 is 23.2 Å². The van der Waals surface area contributed by atoms with Crippen LogP contribution >= 0.6 is 11.3 Å². The van der Waals surface area contributed by atoms with Crippen LogP contribution in [-0.4, -0.2) is 37.2 Å². The third-order valence-corrected chi connectivity index (χ3v) is 4.79. The molecule has 1 amide bonds. The lowest BCUT2D eigenvalue weighted by atomic mass is 10.1. The van der Waals surface area contributed by atoms with E-state index in [2.05, 4.69) is 0 Å². The molecule has 2 aromatic rings. The van der Waals surface area contributed by atoms with Crippen LogP contribution in [0.15, 0.2) is 35.7 Å². The number of benzene rings is 1. The van der Waals surface area contributed by atoms with Gasteiger partial charge in [-0.25, -0.2) is 0 Å². The summed E-state index contributed by atoms with van der Waals surface area (Å²) in [6, 6.07) is 9.20. The molecule has 3 rings (SSSR count). The van der Waals surface area contributed by atoms with Crippen molar-refractivity contribution in [3.8, 4) is 11.5 Å². The number of thiophene rings is 1. The van der Waals surface area contributed by atoms with Gasteiger partial charge < -0.3 is 19.1 Å². The summed E-state index contributed by atoms with van der Waals surface area (Å²) >= 11 is 1.38. The molecule has 1 aromatic heterocycles. The molecule has 1 aliphatic rings. The number of fused-ring (bicyclic) bond motifs is 1. The van der Waals surface area contributed by atoms with Crippen molar-refractivity contribution in [2.24, 2.45) is 5.92 Å². The van der Waals surface area contributed by atoms with Gasteiger partial charge in [0, 0.05) is 13.1 Å². The Morgan fingerprint density at radius 1 is 1.28 bits per heavy atom. The van der Waals surface area contributed by atoms with E-state index in [1.165, 1.54) is 18.4 Å². The minimum Gasteiger partial charge on any atom is -0.469 e. The first-order chi connectivity index (χ1) is 12.1. The van der Waals surface area contributed by atoms with Crippen LogP contribution in [0, 0.1) is 5.92 Å². The minimum atomic E-state index is -0.414. The third kappa shape index (κ3) is 3.93. The molecule has 25 heavy (non-hydrogen) atoms. The first-order valence-corrected chi connectivity index (χ1v) is 8.75. The fourth-order valence-corrected chi connectivity index (χ4v) is 3.33. The Morgan fingerprint density at radius 2 is 2.08 bits per heavy atom. The molecule has 0 fully saturated rings. The normalized spacial score (nSPS) is 13.4. The zero-order chi connectivity index (χ0) is 17.8. The van der Waals surface area contributed by atoms with Gasteiger partial charge in [-0.1, -0.05) is 19.1 Å². The van der Waals surface area contributed by atoms with Gasteiger partial charge >= 0.3 is 5.97 Å². The predicted octanol–water partition coefficient (Wildman–Crippen LogP) is 2.93. The van der Waals surface area contributed by atoms with Crippen LogP contribution in [0.4, 0.5) is 0 Å². The molecule has 1 aliphatic heterocycles. The van der Waals surface area contributed by atoms with E-state index >= 15 is 0 Å². The van der Waals surface area contributed by atoms with Gasteiger partial charge in [0.1, 0.15) is 0 Å². The summed E-state index contributed by atoms with van der Waals surface area (Å²) in [5, 5.41) is 1.86. The molecule has 2 heterocycles. The number of rotatable bonds is 6. The van der Waals surface area contributed by atoms with Crippen molar-refractivity contribution < 1.29 is 23.8 Å². The van der Waals surface area contributed by atoms with Crippen LogP contribution in [0.25, 0.3) is 0 Å². The Bertz CT molecular complexity index is 759. The summed E-state index contributed by atoms with van der Waals surface area (Å²) in [5.41, 5.74) is 0.909. The third-order valence-electron chi connectivity index (χ3n) is 3.93. The molecule has 0 N–H and O–H groups in total. The molecule has 0 radical (unpaired) electrons. The van der Waals surface area contributed by atoms with E-state index in [-0.39, 0.29) is 25.2 Å². The van der Waals surface area contributed by atoms with Crippen molar-refractivity contribution in [1.29, 1.82) is 0 Å². The molecular formula is C18H19NO5S. The van der Waals surface area contributed by atoms with Gasteiger partial charge in [0.05, 0.1) is 17.9 Å². The van der Waals surface area contributed by atoms with Crippen LogP contribution in [0.1, 0.15) is 22.2 Å². The van der Waals surface area contributed by atoms with Crippen LogP contribution in [0.2, 0.25) is 0 Å². The van der Waals surface area contributed by atoms with Crippen molar-refractivity contribution in [1.82, 2.24) is 4.90 Å². The van der Waals surface area contributed by atoms with Gasteiger partial charge in [0.15, 0.2) is 11.5 Å². The highest BCUT2D eigenvalue weighted by Crippen LogP contribution is 2.33. The topological polar surface area (TPSA) is 65.1 Å². The van der Waals surface area contributed by atoms with Gasteiger partial charge in [-0.2, -0.15) is 0 Å². The molecule has 0 saturated heterocycles. The standard InChI is InChI=1S/C18H19NO5S/c1-12(18(21)22-2)9-19(17(20)16-4-3-7-25-16)10-13-5-6-14-15(8-13)24-11-23-14/h3-8,12H,9-11H2,1-2H3. The molecule has 1 unspecified atom stereocenters. The average molecular weight is 361 g/mol. The molecule has 0 bridgehead atoms. The van der Waals surface area contributed by atoms with E-state index in [4.69, 9.17) is 14.2 Å². The maximum atomic E-state index is 12.8. The van der Waals surface area contributed by atoms with Gasteiger partial charge in [0.2, 0.25) is 6.79 Å². The van der Waals surface area contributed by atoms with Crippen LogP contribution in [0.5, 0.6) is 11.5 Å². The van der Waals surface area contributed by atoms with Gasteiger partial charge in [-0.15, -0.1) is 11.3 Å². The Kier molecular flexibility index (Phi) is 5.23. The zero-order valence-corrected chi connectivity index (χ0v) is 14.9. The monoisotopic (exact) mass is 361 g/mol. The number of nitrogens with zero attached hydrogens (tertiary/aromatic N) is 1. The SMILES string of the molecule is COC(=O)C(C)CN(Cc1ccc2c(c1)OCO2)C(=O)c1cccs1. The largest absolute Gasteiger partial charge is 0.469 e. The minimum absolute atomic E-state index is 0.108. The number of hydrogen-bond acceptors (Lipinski definition) is 6. The molecule has 0 spiro atoms.